The third-order valence-corrected chi connectivity index (χ3v) is 2.45. The molecule has 0 unspecified atom stereocenters. The molecule has 2 heterocycles. The highest BCUT2D eigenvalue weighted by atomic mass is 35.5. The Hall–Kier alpha value is -1.79. The van der Waals surface area contributed by atoms with E-state index in [2.05, 4.69) is 20.5 Å². The second-order valence-corrected chi connectivity index (χ2v) is 3.98. The van der Waals surface area contributed by atoms with Crippen LogP contribution in [0.2, 0.25) is 10.0 Å². The average molecular weight is 272 g/mol. The van der Waals surface area contributed by atoms with Crippen molar-refractivity contribution in [3.63, 3.8) is 0 Å². The summed E-state index contributed by atoms with van der Waals surface area (Å²) in [5, 5.41) is 9.22. The van der Waals surface area contributed by atoms with Gasteiger partial charge in [0.2, 0.25) is 0 Å². The third kappa shape index (κ3) is 2.48. The number of hydrogen-bond acceptors (Lipinski definition) is 4. The van der Waals surface area contributed by atoms with E-state index in [0.29, 0.717) is 5.02 Å². The lowest BCUT2D eigenvalue weighted by Gasteiger charge is -2.05. The Labute approximate surface area is 106 Å². The number of halogens is 2. The highest BCUT2D eigenvalue weighted by molar-refractivity contribution is 6.36. The predicted molar refractivity (Wildman–Crippen MR) is 65.2 cm³/mol. The first-order valence-electron chi connectivity index (χ1n) is 4.49. The number of nitrogen functional groups attached to an aromatic ring is 1. The van der Waals surface area contributed by atoms with Gasteiger partial charge in [0.1, 0.15) is 11.4 Å². The van der Waals surface area contributed by atoms with Crippen LogP contribution < -0.4 is 11.1 Å². The number of H-pyrrole nitrogens is 1. The minimum atomic E-state index is -0.451. The fraction of sp³-hybridized carbons (Fsp3) is 0. The largest absolute Gasteiger partial charge is 0.383 e. The van der Waals surface area contributed by atoms with Gasteiger partial charge in [-0.1, -0.05) is 23.2 Å². The minimum Gasteiger partial charge on any atom is -0.383 e. The van der Waals surface area contributed by atoms with Crippen molar-refractivity contribution in [2.45, 2.75) is 0 Å². The number of nitrogens with two attached hydrogens (primary N) is 1. The lowest BCUT2D eigenvalue weighted by molar-refractivity contribution is 0.102. The minimum absolute atomic E-state index is 0.174. The van der Waals surface area contributed by atoms with Crippen LogP contribution in [0, 0.1) is 0 Å². The van der Waals surface area contributed by atoms with Crippen molar-refractivity contribution in [3.05, 3.63) is 34.1 Å². The van der Waals surface area contributed by atoms with E-state index in [9.17, 15) is 4.79 Å². The van der Waals surface area contributed by atoms with Crippen molar-refractivity contribution >= 4 is 40.7 Å². The summed E-state index contributed by atoms with van der Waals surface area (Å²) in [6, 6.07) is 1.48. The Morgan fingerprint density at radius 1 is 1.41 bits per heavy atom. The van der Waals surface area contributed by atoms with Crippen molar-refractivity contribution in [2.75, 3.05) is 11.1 Å². The maximum absolute atomic E-state index is 11.8. The first kappa shape index (κ1) is 11.7. The molecule has 0 aliphatic heterocycles. The molecule has 2 aromatic rings. The molecule has 8 heteroatoms. The van der Waals surface area contributed by atoms with Crippen LogP contribution in [-0.2, 0) is 0 Å². The summed E-state index contributed by atoms with van der Waals surface area (Å²) in [7, 11) is 0. The van der Waals surface area contributed by atoms with Crippen LogP contribution in [0.15, 0.2) is 18.5 Å². The number of pyridine rings is 1. The van der Waals surface area contributed by atoms with Gasteiger partial charge in [0.15, 0.2) is 5.82 Å². The molecule has 0 saturated heterocycles. The number of carbonyl (C=O) groups is 1. The molecular formula is C9H7Cl2N5O. The molecule has 2 rings (SSSR count). The number of nitrogens with one attached hydrogen (secondary N) is 2. The maximum Gasteiger partial charge on any atom is 0.262 e. The highest BCUT2D eigenvalue weighted by Gasteiger charge is 2.14. The second-order valence-electron chi connectivity index (χ2n) is 3.14. The van der Waals surface area contributed by atoms with Gasteiger partial charge in [0.05, 0.1) is 16.2 Å². The number of aromatic nitrogens is 3. The molecule has 1 amide bonds. The van der Waals surface area contributed by atoms with E-state index < -0.39 is 5.91 Å². The van der Waals surface area contributed by atoms with Crippen LogP contribution in [0.3, 0.4) is 0 Å². The van der Waals surface area contributed by atoms with Crippen molar-refractivity contribution < 1.29 is 4.79 Å². The summed E-state index contributed by atoms with van der Waals surface area (Å²) in [5.74, 6) is -0.0674. The number of carbonyl (C=O) groups excluding carboxylic acids is 1. The van der Waals surface area contributed by atoms with E-state index in [1.165, 1.54) is 18.5 Å². The normalized spacial score (nSPS) is 10.2. The van der Waals surface area contributed by atoms with E-state index in [0.717, 1.165) is 0 Å². The van der Waals surface area contributed by atoms with Crippen LogP contribution >= 0.6 is 23.2 Å². The molecule has 0 fully saturated rings. The predicted octanol–water partition coefficient (Wildman–Crippen LogP) is 1.95. The number of aromatic amines is 1. The average Bonchev–Trinajstić information content (AvgIpc) is 2.68. The molecule has 17 heavy (non-hydrogen) atoms. The molecule has 0 atom stereocenters. The van der Waals surface area contributed by atoms with Crippen molar-refractivity contribution in [1.82, 2.24) is 15.2 Å². The maximum atomic E-state index is 11.8. The summed E-state index contributed by atoms with van der Waals surface area (Å²) in [5.41, 5.74) is 5.72. The van der Waals surface area contributed by atoms with Crippen LogP contribution in [-0.4, -0.2) is 21.1 Å². The lowest BCUT2D eigenvalue weighted by atomic mass is 10.3. The fourth-order valence-corrected chi connectivity index (χ4v) is 1.59. The Balaban J connectivity index is 2.22. The van der Waals surface area contributed by atoms with E-state index >= 15 is 0 Å². The third-order valence-electron chi connectivity index (χ3n) is 1.95. The van der Waals surface area contributed by atoms with Gasteiger partial charge < -0.3 is 11.1 Å². The zero-order valence-corrected chi connectivity index (χ0v) is 9.88. The molecule has 88 valence electrons. The molecule has 0 aromatic carbocycles. The summed E-state index contributed by atoms with van der Waals surface area (Å²) in [6.07, 6.45) is 2.69. The van der Waals surface area contributed by atoms with Gasteiger partial charge in [0.25, 0.3) is 5.91 Å². The van der Waals surface area contributed by atoms with Crippen LogP contribution in [0.4, 0.5) is 11.6 Å². The van der Waals surface area contributed by atoms with Crippen LogP contribution in [0.1, 0.15) is 10.4 Å². The first-order valence-corrected chi connectivity index (χ1v) is 5.25. The Kier molecular flexibility index (Phi) is 3.16. The lowest BCUT2D eigenvalue weighted by Crippen LogP contribution is -2.14. The van der Waals surface area contributed by atoms with Crippen molar-refractivity contribution in [1.29, 1.82) is 0 Å². The summed E-state index contributed by atoms with van der Waals surface area (Å²) in [4.78, 5) is 15.6. The molecule has 0 aliphatic carbocycles. The van der Waals surface area contributed by atoms with E-state index in [4.69, 9.17) is 28.9 Å². The molecule has 0 bridgehead atoms. The second kappa shape index (κ2) is 4.60. The number of amides is 1. The Morgan fingerprint density at radius 3 is 2.76 bits per heavy atom. The summed E-state index contributed by atoms with van der Waals surface area (Å²) >= 11 is 11.5. The van der Waals surface area contributed by atoms with Crippen LogP contribution in [0.5, 0.6) is 0 Å². The SMILES string of the molecule is Nc1[nH]ncc1C(=O)Nc1ncc(Cl)cc1Cl. The molecule has 0 aliphatic rings. The molecule has 4 N–H and O–H groups in total. The molecule has 0 radical (unpaired) electrons. The van der Waals surface area contributed by atoms with E-state index in [-0.39, 0.29) is 22.2 Å². The highest BCUT2D eigenvalue weighted by Crippen LogP contribution is 2.23. The topological polar surface area (TPSA) is 96.7 Å². The van der Waals surface area contributed by atoms with Crippen LogP contribution in [0.25, 0.3) is 0 Å². The van der Waals surface area contributed by atoms with E-state index in [1.54, 1.807) is 0 Å². The number of anilines is 2. The number of rotatable bonds is 2. The zero-order valence-electron chi connectivity index (χ0n) is 8.37. The van der Waals surface area contributed by atoms with Gasteiger partial charge in [-0.25, -0.2) is 4.98 Å². The van der Waals surface area contributed by atoms with Gasteiger partial charge in [-0.15, -0.1) is 0 Å². The summed E-state index contributed by atoms with van der Waals surface area (Å²) in [6.45, 7) is 0. The van der Waals surface area contributed by atoms with Gasteiger partial charge in [0, 0.05) is 6.20 Å². The molecule has 2 aromatic heterocycles. The molecular weight excluding hydrogens is 265 g/mol. The molecule has 6 nitrogen and oxygen atoms in total. The van der Waals surface area contributed by atoms with Crippen molar-refractivity contribution in [2.24, 2.45) is 0 Å². The zero-order chi connectivity index (χ0) is 12.4. The standard InChI is InChI=1S/C9H7Cl2N5O/c10-4-1-6(11)8(13-2-4)15-9(17)5-3-14-16-7(5)12/h1-3H,(H3,12,14,16)(H,13,15,17). The van der Waals surface area contributed by atoms with Gasteiger partial charge in [-0.05, 0) is 6.07 Å². The monoisotopic (exact) mass is 271 g/mol. The van der Waals surface area contributed by atoms with Gasteiger partial charge >= 0.3 is 0 Å². The first-order chi connectivity index (χ1) is 8.08. The van der Waals surface area contributed by atoms with Gasteiger partial charge in [-0.2, -0.15) is 5.10 Å². The molecule has 0 saturated carbocycles. The van der Waals surface area contributed by atoms with Crippen molar-refractivity contribution in [3.8, 4) is 0 Å². The Morgan fingerprint density at radius 2 is 2.18 bits per heavy atom. The quantitative estimate of drug-likeness (QED) is 0.778. The van der Waals surface area contributed by atoms with Gasteiger partial charge in [-0.3, -0.25) is 9.89 Å². The Bertz CT molecular complexity index is 568. The fourth-order valence-electron chi connectivity index (χ4n) is 1.16. The number of nitrogens with zero attached hydrogens (tertiary/aromatic N) is 2. The number of hydrogen-bond donors (Lipinski definition) is 3. The molecule has 0 spiro atoms. The van der Waals surface area contributed by atoms with E-state index in [1.807, 2.05) is 0 Å². The summed E-state index contributed by atoms with van der Waals surface area (Å²) < 4.78 is 0. The smallest absolute Gasteiger partial charge is 0.262 e.